The lowest BCUT2D eigenvalue weighted by Crippen LogP contribution is -2.55. The minimum Gasteiger partial charge on any atom is -0.359 e. The van der Waals surface area contributed by atoms with Crippen molar-refractivity contribution in [3.63, 3.8) is 0 Å². The molecule has 1 aromatic rings. The molecule has 3 aliphatic heterocycles. The molecule has 0 aromatic carbocycles. The summed E-state index contributed by atoms with van der Waals surface area (Å²) in [5.41, 5.74) is -1.06. The summed E-state index contributed by atoms with van der Waals surface area (Å²) in [5.74, 6) is -1.66. The Bertz CT molecular complexity index is 937. The predicted molar refractivity (Wildman–Crippen MR) is 114 cm³/mol. The van der Waals surface area contributed by atoms with E-state index in [0.29, 0.717) is 6.54 Å². The van der Waals surface area contributed by atoms with Gasteiger partial charge in [-0.05, 0) is 37.1 Å². The molecule has 3 amide bonds. The molecule has 2 saturated carbocycles. The van der Waals surface area contributed by atoms with Crippen LogP contribution in [-0.4, -0.2) is 52.5 Å². The van der Waals surface area contributed by atoms with Crippen molar-refractivity contribution in [2.45, 2.75) is 74.9 Å². The topological polar surface area (TPSA) is 87.7 Å². The van der Waals surface area contributed by atoms with Crippen molar-refractivity contribution in [3.8, 4) is 0 Å². The van der Waals surface area contributed by atoms with Gasteiger partial charge in [0, 0.05) is 17.0 Å². The van der Waals surface area contributed by atoms with Crippen molar-refractivity contribution in [1.29, 1.82) is 0 Å². The quantitative estimate of drug-likeness (QED) is 0.659. The van der Waals surface area contributed by atoms with Crippen molar-refractivity contribution in [2.24, 2.45) is 11.8 Å². The van der Waals surface area contributed by atoms with Gasteiger partial charge in [0.1, 0.15) is 11.6 Å². The van der Waals surface area contributed by atoms with E-state index in [0.717, 1.165) is 43.4 Å². The van der Waals surface area contributed by atoms with Crippen LogP contribution in [0.15, 0.2) is 29.7 Å². The number of carbonyl (C=O) groups is 3. The highest BCUT2D eigenvalue weighted by Gasteiger charge is 2.72. The fraction of sp³-hybridized carbons (Fsp3) is 0.609. The van der Waals surface area contributed by atoms with Crippen LogP contribution in [0.2, 0.25) is 0 Å². The molecular formula is C23H27N3O4S. The third-order valence-corrected chi connectivity index (χ3v) is 8.32. The van der Waals surface area contributed by atoms with E-state index in [9.17, 15) is 14.4 Å². The second-order valence-corrected chi connectivity index (χ2v) is 10.6. The number of fused-ring (bicyclic) bond motifs is 1. The molecule has 2 aliphatic carbocycles. The standard InChI is InChI=1S/C23H27N3O4S/c27-20(24-14-7-8-14)17-16-9-10-23(30-16)18(17)22(29)26(12-15-6-3-11-31-15)19(23)21(28)25-13-4-1-2-5-13/h3,6,9-11,13-14,16-19H,1-2,4-5,7-8,12H2,(H,24,27)(H,25,28)/t16-,17+,18-,19-,23+/m1/s1. The number of likely N-dealkylation sites (tertiary alicyclic amines) is 1. The van der Waals surface area contributed by atoms with E-state index in [-0.39, 0.29) is 29.8 Å². The first kappa shape index (κ1) is 19.5. The van der Waals surface area contributed by atoms with Gasteiger partial charge in [0.25, 0.3) is 0 Å². The molecule has 164 valence electrons. The van der Waals surface area contributed by atoms with Gasteiger partial charge in [-0.2, -0.15) is 0 Å². The summed E-state index contributed by atoms with van der Waals surface area (Å²) in [7, 11) is 0. The van der Waals surface area contributed by atoms with Crippen LogP contribution >= 0.6 is 11.3 Å². The maximum atomic E-state index is 13.7. The van der Waals surface area contributed by atoms with Gasteiger partial charge in [-0.15, -0.1) is 11.3 Å². The molecule has 0 radical (unpaired) electrons. The van der Waals surface area contributed by atoms with Gasteiger partial charge in [0.05, 0.1) is 24.5 Å². The molecular weight excluding hydrogens is 414 g/mol. The maximum Gasteiger partial charge on any atom is 0.246 e. The Balaban J connectivity index is 1.34. The largest absolute Gasteiger partial charge is 0.359 e. The number of nitrogens with one attached hydrogen (secondary N) is 2. The number of nitrogens with zero attached hydrogens (tertiary/aromatic N) is 1. The first-order valence-electron chi connectivity index (χ1n) is 11.4. The summed E-state index contributed by atoms with van der Waals surface area (Å²) in [6, 6.07) is 3.53. The normalized spacial score (nSPS) is 36.3. The Labute approximate surface area is 185 Å². The Kier molecular flexibility index (Phi) is 4.51. The molecule has 1 aromatic heterocycles. The van der Waals surface area contributed by atoms with Crippen molar-refractivity contribution >= 4 is 29.1 Å². The number of hydrogen-bond acceptors (Lipinski definition) is 5. The highest BCUT2D eigenvalue weighted by molar-refractivity contribution is 7.09. The van der Waals surface area contributed by atoms with E-state index in [1.165, 1.54) is 0 Å². The van der Waals surface area contributed by atoms with Gasteiger partial charge in [-0.3, -0.25) is 14.4 Å². The number of thiophene rings is 1. The number of rotatable bonds is 6. The summed E-state index contributed by atoms with van der Waals surface area (Å²) < 4.78 is 6.35. The zero-order valence-corrected chi connectivity index (χ0v) is 18.1. The van der Waals surface area contributed by atoms with Gasteiger partial charge in [-0.1, -0.05) is 31.1 Å². The van der Waals surface area contributed by atoms with E-state index in [4.69, 9.17) is 4.74 Å². The zero-order valence-electron chi connectivity index (χ0n) is 17.3. The molecule has 2 saturated heterocycles. The zero-order chi connectivity index (χ0) is 21.2. The fourth-order valence-corrected chi connectivity index (χ4v) is 6.59. The number of carbonyl (C=O) groups excluding carboxylic acids is 3. The molecule has 2 bridgehead atoms. The van der Waals surface area contributed by atoms with E-state index >= 15 is 0 Å². The summed E-state index contributed by atoms with van der Waals surface area (Å²) in [5, 5.41) is 8.20. The Hall–Kier alpha value is -2.19. The third-order valence-electron chi connectivity index (χ3n) is 7.46. The minimum atomic E-state index is -1.06. The van der Waals surface area contributed by atoms with E-state index in [1.807, 2.05) is 29.7 Å². The van der Waals surface area contributed by atoms with Gasteiger partial charge < -0.3 is 20.3 Å². The van der Waals surface area contributed by atoms with Gasteiger partial charge >= 0.3 is 0 Å². The van der Waals surface area contributed by atoms with E-state index < -0.39 is 29.6 Å². The van der Waals surface area contributed by atoms with Crippen molar-refractivity contribution < 1.29 is 19.1 Å². The smallest absolute Gasteiger partial charge is 0.246 e. The van der Waals surface area contributed by atoms with Crippen LogP contribution in [0.3, 0.4) is 0 Å². The molecule has 5 atom stereocenters. The van der Waals surface area contributed by atoms with Crippen molar-refractivity contribution in [3.05, 3.63) is 34.5 Å². The summed E-state index contributed by atoms with van der Waals surface area (Å²) in [6.07, 6.45) is 9.46. The second-order valence-electron chi connectivity index (χ2n) is 9.52. The minimum absolute atomic E-state index is 0.120. The second kappa shape index (κ2) is 7.17. The molecule has 0 unspecified atom stereocenters. The first-order valence-corrected chi connectivity index (χ1v) is 12.3. The van der Waals surface area contributed by atoms with Crippen molar-refractivity contribution in [2.75, 3.05) is 0 Å². The average Bonchev–Trinajstić information content (AvgIpc) is 3.24. The maximum absolute atomic E-state index is 13.7. The molecule has 4 fully saturated rings. The van der Waals surface area contributed by atoms with E-state index in [2.05, 4.69) is 10.6 Å². The molecule has 7 nitrogen and oxygen atoms in total. The lowest BCUT2D eigenvalue weighted by Gasteiger charge is -2.32. The van der Waals surface area contributed by atoms with Crippen molar-refractivity contribution in [1.82, 2.24) is 15.5 Å². The summed E-state index contributed by atoms with van der Waals surface area (Å²) in [6.45, 7) is 0.357. The first-order chi connectivity index (χ1) is 15.1. The molecule has 6 rings (SSSR count). The van der Waals surface area contributed by atoms with Crippen LogP contribution in [0.5, 0.6) is 0 Å². The Morgan fingerprint density at radius 1 is 1.13 bits per heavy atom. The summed E-state index contributed by atoms with van der Waals surface area (Å²) in [4.78, 5) is 43.0. The molecule has 4 heterocycles. The molecule has 5 aliphatic rings. The van der Waals surface area contributed by atoms with E-state index in [1.54, 1.807) is 16.2 Å². The fourth-order valence-electron chi connectivity index (χ4n) is 5.88. The molecule has 8 heteroatoms. The van der Waals surface area contributed by atoms with Crippen LogP contribution in [-0.2, 0) is 25.7 Å². The highest BCUT2D eigenvalue weighted by Crippen LogP contribution is 2.55. The number of amides is 3. The number of hydrogen-bond donors (Lipinski definition) is 2. The monoisotopic (exact) mass is 441 g/mol. The van der Waals surface area contributed by atoms with Gasteiger partial charge in [0.2, 0.25) is 17.7 Å². The lowest BCUT2D eigenvalue weighted by atomic mass is 9.74. The van der Waals surface area contributed by atoms with Gasteiger partial charge in [0.15, 0.2) is 0 Å². The van der Waals surface area contributed by atoms with Crippen LogP contribution < -0.4 is 10.6 Å². The SMILES string of the molecule is O=C(NC1CC1)[C@H]1[C@H]2C=C[C@]3(O2)[C@H]1C(=O)N(Cc1cccs1)[C@@H]3C(=O)NC1CCCC1. The molecule has 31 heavy (non-hydrogen) atoms. The predicted octanol–water partition coefficient (Wildman–Crippen LogP) is 1.74. The van der Waals surface area contributed by atoms with Crippen LogP contribution in [0, 0.1) is 11.8 Å². The third kappa shape index (κ3) is 3.06. The molecule has 2 N–H and O–H groups in total. The average molecular weight is 442 g/mol. The van der Waals surface area contributed by atoms with Crippen LogP contribution in [0.1, 0.15) is 43.4 Å². The number of ether oxygens (including phenoxy) is 1. The summed E-state index contributed by atoms with van der Waals surface area (Å²) >= 11 is 1.56. The van der Waals surface area contributed by atoms with Crippen LogP contribution in [0.25, 0.3) is 0 Å². The Morgan fingerprint density at radius 3 is 2.58 bits per heavy atom. The van der Waals surface area contributed by atoms with Crippen LogP contribution in [0.4, 0.5) is 0 Å². The van der Waals surface area contributed by atoms with Gasteiger partial charge in [-0.25, -0.2) is 0 Å². The molecule has 1 spiro atoms. The highest BCUT2D eigenvalue weighted by atomic mass is 32.1. The lowest BCUT2D eigenvalue weighted by molar-refractivity contribution is -0.142. The Morgan fingerprint density at radius 2 is 1.87 bits per heavy atom.